The number of rotatable bonds is 4. The highest BCUT2D eigenvalue weighted by Gasteiger charge is 2.14. The summed E-state index contributed by atoms with van der Waals surface area (Å²) < 4.78 is 1.93. The average molecular weight is 279 g/mol. The number of aromatic nitrogens is 3. The van der Waals surface area contributed by atoms with Gasteiger partial charge in [0.15, 0.2) is 11.4 Å². The quantitative estimate of drug-likeness (QED) is 0.657. The van der Waals surface area contributed by atoms with Crippen LogP contribution in [0.5, 0.6) is 0 Å². The van der Waals surface area contributed by atoms with Crippen LogP contribution in [0.2, 0.25) is 0 Å². The van der Waals surface area contributed by atoms with Gasteiger partial charge in [0.2, 0.25) is 0 Å². The minimum absolute atomic E-state index is 0.170. The molecule has 1 aromatic carbocycles. The van der Waals surface area contributed by atoms with E-state index in [-0.39, 0.29) is 5.75 Å². The van der Waals surface area contributed by atoms with Crippen LogP contribution in [0.15, 0.2) is 23.4 Å². The molecule has 0 unspecified atom stereocenters. The van der Waals surface area contributed by atoms with Crippen LogP contribution in [0.25, 0.3) is 5.69 Å². The monoisotopic (exact) mass is 279 g/mol. The van der Waals surface area contributed by atoms with Gasteiger partial charge in [-0.2, -0.15) is 0 Å². The maximum absolute atomic E-state index is 8.95. The molecule has 0 amide bonds. The van der Waals surface area contributed by atoms with Crippen molar-refractivity contribution in [2.45, 2.75) is 32.2 Å². The fraction of sp³-hybridized carbons (Fsp3) is 0.385. The average Bonchev–Trinajstić information content (AvgIpc) is 2.68. The Balaban J connectivity index is 2.40. The lowest BCUT2D eigenvalue weighted by molar-refractivity contribution is -0.0186. The lowest BCUT2D eigenvalue weighted by Crippen LogP contribution is -2.09. The molecule has 0 radical (unpaired) electrons. The van der Waals surface area contributed by atoms with E-state index in [4.69, 9.17) is 10.2 Å². The molecule has 19 heavy (non-hydrogen) atoms. The highest BCUT2D eigenvalue weighted by molar-refractivity contribution is 7.99. The van der Waals surface area contributed by atoms with Crippen LogP contribution in [0.1, 0.15) is 17.0 Å². The third-order valence-corrected chi connectivity index (χ3v) is 3.74. The van der Waals surface area contributed by atoms with E-state index < -0.39 is 6.29 Å². The zero-order valence-corrected chi connectivity index (χ0v) is 12.0. The molecule has 0 aliphatic rings. The maximum atomic E-state index is 8.95. The van der Waals surface area contributed by atoms with Gasteiger partial charge < -0.3 is 10.2 Å². The van der Waals surface area contributed by atoms with Gasteiger partial charge in [-0.15, -0.1) is 10.2 Å². The lowest BCUT2D eigenvalue weighted by atomic mass is 10.1. The smallest absolute Gasteiger partial charge is 0.196 e. The Morgan fingerprint density at radius 3 is 2.58 bits per heavy atom. The van der Waals surface area contributed by atoms with E-state index in [1.54, 1.807) is 0 Å². The molecule has 0 atom stereocenters. The van der Waals surface area contributed by atoms with Crippen molar-refractivity contribution >= 4 is 11.8 Å². The fourth-order valence-corrected chi connectivity index (χ4v) is 2.68. The molecule has 0 fully saturated rings. The molecular formula is C13H17N3O2S. The molecule has 5 nitrogen and oxygen atoms in total. The second kappa shape index (κ2) is 5.73. The summed E-state index contributed by atoms with van der Waals surface area (Å²) >= 11 is 1.27. The number of benzene rings is 1. The lowest BCUT2D eigenvalue weighted by Gasteiger charge is -2.12. The van der Waals surface area contributed by atoms with Crippen molar-refractivity contribution in [1.82, 2.24) is 14.8 Å². The second-order valence-corrected chi connectivity index (χ2v) is 5.43. The zero-order chi connectivity index (χ0) is 14.0. The minimum Gasteiger partial charge on any atom is -0.367 e. The zero-order valence-electron chi connectivity index (χ0n) is 11.2. The van der Waals surface area contributed by atoms with E-state index in [2.05, 4.69) is 16.3 Å². The summed E-state index contributed by atoms with van der Waals surface area (Å²) in [6, 6.07) is 6.17. The molecule has 1 heterocycles. The first-order chi connectivity index (χ1) is 8.99. The Morgan fingerprint density at radius 1 is 1.21 bits per heavy atom. The molecule has 6 heteroatoms. The first-order valence-electron chi connectivity index (χ1n) is 5.97. The molecule has 0 saturated carbocycles. The Labute approximate surface area is 116 Å². The van der Waals surface area contributed by atoms with E-state index in [0.29, 0.717) is 5.16 Å². The summed E-state index contributed by atoms with van der Waals surface area (Å²) in [6.45, 7) is 5.97. The molecule has 2 rings (SSSR count). The maximum Gasteiger partial charge on any atom is 0.196 e. The van der Waals surface area contributed by atoms with Crippen LogP contribution in [-0.2, 0) is 0 Å². The second-order valence-electron chi connectivity index (χ2n) is 4.45. The molecule has 0 spiro atoms. The number of nitrogens with zero attached hydrogens (tertiary/aromatic N) is 3. The SMILES string of the molecule is Cc1ccc(-n2c(C)nnc2SCC(O)O)c(C)c1. The fourth-order valence-electron chi connectivity index (χ4n) is 1.92. The van der Waals surface area contributed by atoms with Gasteiger partial charge in [0, 0.05) is 0 Å². The van der Waals surface area contributed by atoms with E-state index in [0.717, 1.165) is 17.1 Å². The van der Waals surface area contributed by atoms with Crippen molar-refractivity contribution in [2.75, 3.05) is 5.75 Å². The molecule has 0 saturated heterocycles. The minimum atomic E-state index is -1.35. The van der Waals surface area contributed by atoms with E-state index in [1.807, 2.05) is 37.5 Å². The van der Waals surface area contributed by atoms with Gasteiger partial charge in [-0.25, -0.2) is 0 Å². The highest BCUT2D eigenvalue weighted by Crippen LogP contribution is 2.24. The van der Waals surface area contributed by atoms with Gasteiger partial charge in [-0.3, -0.25) is 4.57 Å². The highest BCUT2D eigenvalue weighted by atomic mass is 32.2. The topological polar surface area (TPSA) is 71.2 Å². The van der Waals surface area contributed by atoms with Crippen LogP contribution < -0.4 is 0 Å². The molecule has 0 bridgehead atoms. The van der Waals surface area contributed by atoms with E-state index in [9.17, 15) is 0 Å². The summed E-state index contributed by atoms with van der Waals surface area (Å²) in [5, 5.41) is 26.7. The Kier molecular flexibility index (Phi) is 4.24. The number of hydrogen-bond acceptors (Lipinski definition) is 5. The number of aryl methyl sites for hydroxylation is 3. The predicted molar refractivity (Wildman–Crippen MR) is 74.5 cm³/mol. The largest absolute Gasteiger partial charge is 0.367 e. The van der Waals surface area contributed by atoms with Gasteiger partial charge in [-0.1, -0.05) is 29.5 Å². The molecule has 0 aliphatic heterocycles. The molecular weight excluding hydrogens is 262 g/mol. The molecule has 2 aromatic rings. The standard InChI is InChI=1S/C13H17N3O2S/c1-8-4-5-11(9(2)6-8)16-10(3)14-15-13(16)19-7-12(17)18/h4-6,12,17-18H,7H2,1-3H3. The van der Waals surface area contributed by atoms with Crippen molar-refractivity contribution in [3.63, 3.8) is 0 Å². The van der Waals surface area contributed by atoms with Crippen molar-refractivity contribution in [3.8, 4) is 5.69 Å². The van der Waals surface area contributed by atoms with Gasteiger partial charge in [0.05, 0.1) is 11.4 Å². The first-order valence-corrected chi connectivity index (χ1v) is 6.96. The van der Waals surface area contributed by atoms with Gasteiger partial charge in [0.25, 0.3) is 0 Å². The molecule has 1 aromatic heterocycles. The van der Waals surface area contributed by atoms with Crippen LogP contribution in [0.3, 0.4) is 0 Å². The summed E-state index contributed by atoms with van der Waals surface area (Å²) in [4.78, 5) is 0. The van der Waals surface area contributed by atoms with Crippen molar-refractivity contribution < 1.29 is 10.2 Å². The summed E-state index contributed by atoms with van der Waals surface area (Å²) in [5.41, 5.74) is 3.35. The van der Waals surface area contributed by atoms with Crippen LogP contribution in [0, 0.1) is 20.8 Å². The molecule has 102 valence electrons. The number of thioether (sulfide) groups is 1. The van der Waals surface area contributed by atoms with Crippen molar-refractivity contribution in [3.05, 3.63) is 35.2 Å². The van der Waals surface area contributed by atoms with E-state index >= 15 is 0 Å². The van der Waals surface area contributed by atoms with Gasteiger partial charge in [0.1, 0.15) is 5.82 Å². The van der Waals surface area contributed by atoms with Crippen molar-refractivity contribution in [1.29, 1.82) is 0 Å². The first kappa shape index (κ1) is 14.0. The number of aliphatic hydroxyl groups excluding tert-OH is 1. The molecule has 0 aliphatic carbocycles. The third-order valence-electron chi connectivity index (χ3n) is 2.75. The Bertz CT molecular complexity index is 581. The van der Waals surface area contributed by atoms with Crippen LogP contribution in [-0.4, -0.2) is 37.0 Å². The predicted octanol–water partition coefficient (Wildman–Crippen LogP) is 1.60. The summed E-state index contributed by atoms with van der Waals surface area (Å²) in [6.07, 6.45) is -1.35. The number of aliphatic hydroxyl groups is 2. The summed E-state index contributed by atoms with van der Waals surface area (Å²) in [5.74, 6) is 0.949. The van der Waals surface area contributed by atoms with Crippen LogP contribution >= 0.6 is 11.8 Å². The third kappa shape index (κ3) is 3.15. The van der Waals surface area contributed by atoms with E-state index in [1.165, 1.54) is 17.3 Å². The number of hydrogen-bond donors (Lipinski definition) is 2. The van der Waals surface area contributed by atoms with Gasteiger partial charge in [-0.05, 0) is 32.4 Å². The Morgan fingerprint density at radius 2 is 1.95 bits per heavy atom. The van der Waals surface area contributed by atoms with Gasteiger partial charge >= 0.3 is 0 Å². The Hall–Kier alpha value is -1.37. The van der Waals surface area contributed by atoms with Crippen molar-refractivity contribution in [2.24, 2.45) is 0 Å². The van der Waals surface area contributed by atoms with Crippen LogP contribution in [0.4, 0.5) is 0 Å². The summed E-state index contributed by atoms with van der Waals surface area (Å²) in [7, 11) is 0. The normalized spacial score (nSPS) is 11.3. The molecule has 2 N–H and O–H groups in total.